The molecule has 0 saturated heterocycles. The smallest absolute Gasteiger partial charge is 0.323 e. The van der Waals surface area contributed by atoms with Crippen LogP contribution < -0.4 is 9.47 Å². The predicted molar refractivity (Wildman–Crippen MR) is 97.8 cm³/mol. The SMILES string of the molecule is COc1cc(C(=O)N(CC(=O)O)CC(C)C)ccc1OCc1cscn1. The van der Waals surface area contributed by atoms with E-state index >= 15 is 0 Å². The monoisotopic (exact) mass is 378 g/mol. The van der Waals surface area contributed by atoms with Crippen molar-refractivity contribution in [1.29, 1.82) is 0 Å². The fourth-order valence-corrected chi connectivity index (χ4v) is 2.93. The summed E-state index contributed by atoms with van der Waals surface area (Å²) in [7, 11) is 1.49. The van der Waals surface area contributed by atoms with Gasteiger partial charge in [0.1, 0.15) is 13.2 Å². The van der Waals surface area contributed by atoms with Gasteiger partial charge in [-0.2, -0.15) is 0 Å². The number of carboxylic acid groups (broad SMARTS) is 1. The van der Waals surface area contributed by atoms with Crippen molar-refractivity contribution in [3.8, 4) is 11.5 Å². The molecule has 7 nitrogen and oxygen atoms in total. The molecule has 140 valence electrons. The van der Waals surface area contributed by atoms with Crippen LogP contribution in [0.3, 0.4) is 0 Å². The summed E-state index contributed by atoms with van der Waals surface area (Å²) in [5.74, 6) is -0.350. The summed E-state index contributed by atoms with van der Waals surface area (Å²) in [6, 6.07) is 4.82. The Morgan fingerprint density at radius 3 is 2.65 bits per heavy atom. The normalized spacial score (nSPS) is 10.6. The molecule has 1 N–H and O–H groups in total. The second-order valence-corrected chi connectivity index (χ2v) is 6.83. The first-order valence-electron chi connectivity index (χ1n) is 8.09. The van der Waals surface area contributed by atoms with Gasteiger partial charge in [-0.15, -0.1) is 11.3 Å². The highest BCUT2D eigenvalue weighted by Gasteiger charge is 2.21. The number of thiazole rings is 1. The first-order chi connectivity index (χ1) is 12.4. The van der Waals surface area contributed by atoms with Crippen LogP contribution in [-0.2, 0) is 11.4 Å². The summed E-state index contributed by atoms with van der Waals surface area (Å²) in [5, 5.41) is 10.9. The zero-order valence-electron chi connectivity index (χ0n) is 15.0. The molecule has 1 aromatic heterocycles. The molecular formula is C18H22N2O5S. The number of aliphatic carboxylic acids is 1. The lowest BCUT2D eigenvalue weighted by atomic mass is 10.1. The molecule has 0 radical (unpaired) electrons. The summed E-state index contributed by atoms with van der Waals surface area (Å²) in [6.07, 6.45) is 0. The Morgan fingerprint density at radius 1 is 1.31 bits per heavy atom. The van der Waals surface area contributed by atoms with Crippen molar-refractivity contribution in [2.45, 2.75) is 20.5 Å². The van der Waals surface area contributed by atoms with Crippen molar-refractivity contribution in [1.82, 2.24) is 9.88 Å². The molecule has 2 rings (SSSR count). The topological polar surface area (TPSA) is 89.0 Å². The lowest BCUT2D eigenvalue weighted by Crippen LogP contribution is -2.38. The fourth-order valence-electron chi connectivity index (χ4n) is 2.39. The molecule has 1 amide bonds. The maximum absolute atomic E-state index is 12.7. The molecule has 26 heavy (non-hydrogen) atoms. The van der Waals surface area contributed by atoms with Gasteiger partial charge < -0.3 is 19.5 Å². The highest BCUT2D eigenvalue weighted by molar-refractivity contribution is 7.07. The Balaban J connectivity index is 2.17. The van der Waals surface area contributed by atoms with Crippen molar-refractivity contribution in [3.63, 3.8) is 0 Å². The van der Waals surface area contributed by atoms with Crippen molar-refractivity contribution in [3.05, 3.63) is 40.3 Å². The Labute approximate surface area is 156 Å². The number of carboxylic acids is 1. The van der Waals surface area contributed by atoms with Gasteiger partial charge in [0, 0.05) is 17.5 Å². The molecule has 0 saturated carbocycles. The summed E-state index contributed by atoms with van der Waals surface area (Å²) in [6.45, 7) is 4.17. The molecule has 0 atom stereocenters. The first-order valence-corrected chi connectivity index (χ1v) is 9.04. The van der Waals surface area contributed by atoms with Crippen LogP contribution in [0.15, 0.2) is 29.1 Å². The van der Waals surface area contributed by atoms with E-state index in [-0.39, 0.29) is 18.4 Å². The van der Waals surface area contributed by atoms with Crippen LogP contribution >= 0.6 is 11.3 Å². The number of hydrogen-bond acceptors (Lipinski definition) is 6. The van der Waals surface area contributed by atoms with E-state index in [2.05, 4.69) is 4.98 Å². The third-order valence-corrected chi connectivity index (χ3v) is 4.10. The van der Waals surface area contributed by atoms with Gasteiger partial charge >= 0.3 is 5.97 Å². The Hall–Kier alpha value is -2.61. The number of nitrogens with zero attached hydrogens (tertiary/aromatic N) is 2. The summed E-state index contributed by atoms with van der Waals surface area (Å²) in [4.78, 5) is 29.2. The van der Waals surface area contributed by atoms with Gasteiger partial charge in [-0.25, -0.2) is 4.98 Å². The molecule has 0 aliphatic rings. The minimum absolute atomic E-state index is 0.154. The number of aromatic nitrogens is 1. The van der Waals surface area contributed by atoms with Crippen LogP contribution in [0.5, 0.6) is 11.5 Å². The van der Waals surface area contributed by atoms with Gasteiger partial charge in [0.2, 0.25) is 0 Å². The zero-order valence-corrected chi connectivity index (χ0v) is 15.8. The first kappa shape index (κ1) is 19.7. The molecule has 1 heterocycles. The molecule has 8 heteroatoms. The van der Waals surface area contributed by atoms with E-state index in [1.807, 2.05) is 19.2 Å². The summed E-state index contributed by atoms with van der Waals surface area (Å²) < 4.78 is 11.0. The molecule has 0 aliphatic carbocycles. The number of ether oxygens (including phenoxy) is 2. The van der Waals surface area contributed by atoms with E-state index in [0.717, 1.165) is 5.69 Å². The lowest BCUT2D eigenvalue weighted by Gasteiger charge is -2.23. The standard InChI is InChI=1S/C18H22N2O5S/c1-12(2)7-20(8-17(21)22)18(23)13-4-5-15(16(6-13)24-3)25-9-14-10-26-11-19-14/h4-6,10-12H,7-9H2,1-3H3,(H,21,22). The van der Waals surface area contributed by atoms with Crippen LogP contribution in [0, 0.1) is 5.92 Å². The lowest BCUT2D eigenvalue weighted by molar-refractivity contribution is -0.137. The van der Waals surface area contributed by atoms with Gasteiger partial charge in [0.05, 0.1) is 18.3 Å². The maximum atomic E-state index is 12.7. The highest BCUT2D eigenvalue weighted by Crippen LogP contribution is 2.29. The van der Waals surface area contributed by atoms with Crippen molar-refractivity contribution < 1.29 is 24.2 Å². The van der Waals surface area contributed by atoms with Crippen molar-refractivity contribution in [2.24, 2.45) is 5.92 Å². The molecule has 0 unspecified atom stereocenters. The van der Waals surface area contributed by atoms with Crippen molar-refractivity contribution >= 4 is 23.2 Å². The van der Waals surface area contributed by atoms with Crippen LogP contribution in [0.25, 0.3) is 0 Å². The number of carbonyl (C=O) groups is 2. The Kier molecular flexibility index (Phi) is 6.97. The maximum Gasteiger partial charge on any atom is 0.323 e. The van der Waals surface area contributed by atoms with Crippen molar-refractivity contribution in [2.75, 3.05) is 20.2 Å². The molecule has 2 aromatic rings. The number of rotatable bonds is 9. The summed E-state index contributed by atoms with van der Waals surface area (Å²) >= 11 is 1.48. The molecule has 0 fully saturated rings. The van der Waals surface area contributed by atoms with Crippen LogP contribution in [0.4, 0.5) is 0 Å². The van der Waals surface area contributed by atoms with Crippen LogP contribution in [-0.4, -0.2) is 47.1 Å². The van der Waals surface area contributed by atoms with Gasteiger partial charge in [-0.05, 0) is 24.1 Å². The number of methoxy groups -OCH3 is 1. The van der Waals surface area contributed by atoms with Gasteiger partial charge in [-0.3, -0.25) is 9.59 Å². The predicted octanol–water partition coefficient (Wildman–Crippen LogP) is 2.91. The molecule has 1 aromatic carbocycles. The quantitative estimate of drug-likeness (QED) is 0.722. The van der Waals surface area contributed by atoms with E-state index in [0.29, 0.717) is 30.2 Å². The van der Waals surface area contributed by atoms with E-state index in [9.17, 15) is 9.59 Å². The third-order valence-electron chi connectivity index (χ3n) is 3.47. The third kappa shape index (κ3) is 5.45. The average molecular weight is 378 g/mol. The minimum Gasteiger partial charge on any atom is -0.493 e. The molecule has 0 bridgehead atoms. The van der Waals surface area contributed by atoms with E-state index in [1.54, 1.807) is 23.7 Å². The van der Waals surface area contributed by atoms with Gasteiger partial charge in [-0.1, -0.05) is 13.8 Å². The Bertz CT molecular complexity index is 746. The van der Waals surface area contributed by atoms with Crippen LogP contribution in [0.2, 0.25) is 0 Å². The van der Waals surface area contributed by atoms with E-state index in [4.69, 9.17) is 14.6 Å². The van der Waals surface area contributed by atoms with E-state index in [1.165, 1.54) is 23.3 Å². The zero-order chi connectivity index (χ0) is 19.1. The molecule has 0 spiro atoms. The van der Waals surface area contributed by atoms with Crippen LogP contribution in [0.1, 0.15) is 29.9 Å². The molecule has 0 aliphatic heterocycles. The summed E-state index contributed by atoms with van der Waals surface area (Å²) in [5.41, 5.74) is 2.88. The number of amides is 1. The average Bonchev–Trinajstić information content (AvgIpc) is 3.11. The minimum atomic E-state index is -1.05. The second-order valence-electron chi connectivity index (χ2n) is 6.11. The van der Waals surface area contributed by atoms with E-state index < -0.39 is 5.97 Å². The highest BCUT2D eigenvalue weighted by atomic mass is 32.1. The number of hydrogen-bond donors (Lipinski definition) is 1. The number of carbonyl (C=O) groups excluding carboxylic acids is 1. The second kappa shape index (κ2) is 9.19. The largest absolute Gasteiger partial charge is 0.493 e. The fraction of sp³-hybridized carbons (Fsp3) is 0.389. The molecular weight excluding hydrogens is 356 g/mol. The Morgan fingerprint density at radius 2 is 2.08 bits per heavy atom. The van der Waals surface area contributed by atoms with Gasteiger partial charge in [0.25, 0.3) is 5.91 Å². The van der Waals surface area contributed by atoms with Gasteiger partial charge in [0.15, 0.2) is 11.5 Å². The number of benzene rings is 1.